The fraction of sp³-hybridized carbons (Fsp3) is 0.690. The summed E-state index contributed by atoms with van der Waals surface area (Å²) in [5.74, 6) is -6.68. The first-order valence-electron chi connectivity index (χ1n) is 26.7. The molecule has 16 atom stereocenters. The van der Waals surface area contributed by atoms with Crippen LogP contribution in [0.5, 0.6) is 11.5 Å². The Balaban J connectivity index is 1.53. The van der Waals surface area contributed by atoms with Crippen molar-refractivity contribution in [2.45, 2.75) is 186 Å². The minimum atomic E-state index is -2.48. The zero-order chi connectivity index (χ0) is 53.7. The Morgan fingerprint density at radius 1 is 0.836 bits per heavy atom. The lowest BCUT2D eigenvalue weighted by Gasteiger charge is -2.43. The van der Waals surface area contributed by atoms with Crippen molar-refractivity contribution < 1.29 is 68.0 Å². The predicted octanol–water partition coefficient (Wildman–Crippen LogP) is 7.76. The van der Waals surface area contributed by atoms with Crippen LogP contribution in [0.4, 0.5) is 0 Å². The monoisotopic (exact) mass is 1020 g/mol. The molecule has 4 N–H and O–H groups in total. The Labute approximate surface area is 434 Å². The van der Waals surface area contributed by atoms with Gasteiger partial charge in [0.1, 0.15) is 29.7 Å². The van der Waals surface area contributed by atoms with E-state index >= 15 is 0 Å². The largest absolute Gasteiger partial charge is 0.497 e. The van der Waals surface area contributed by atoms with Crippen LogP contribution in [0.1, 0.15) is 137 Å². The van der Waals surface area contributed by atoms with Gasteiger partial charge in [0.25, 0.3) is 11.7 Å². The summed E-state index contributed by atoms with van der Waals surface area (Å²) in [5, 5.41) is 46.0. The highest BCUT2D eigenvalue weighted by atomic mass is 16.6. The molecule has 3 aliphatic heterocycles. The summed E-state index contributed by atoms with van der Waals surface area (Å²) < 4.78 is 35.4. The second kappa shape index (κ2) is 27.5. The molecular formula is C58H87NO14. The summed E-state index contributed by atoms with van der Waals surface area (Å²) in [5.41, 5.74) is 2.12. The second-order valence-corrected chi connectivity index (χ2v) is 21.7. The number of methoxy groups -OCH3 is 4. The molecule has 1 amide bonds. The molecule has 408 valence electrons. The molecule has 3 unspecified atom stereocenters. The number of cyclic esters (lactones) is 1. The van der Waals surface area contributed by atoms with Crippen molar-refractivity contribution in [1.82, 2.24) is 4.90 Å². The Morgan fingerprint density at radius 2 is 1.58 bits per heavy atom. The fourth-order valence-corrected chi connectivity index (χ4v) is 11.5. The van der Waals surface area contributed by atoms with Gasteiger partial charge in [-0.05, 0) is 120 Å². The van der Waals surface area contributed by atoms with Gasteiger partial charge in [-0.1, -0.05) is 82.7 Å². The topological polar surface area (TPSA) is 208 Å². The molecule has 3 fully saturated rings. The third-order valence-electron chi connectivity index (χ3n) is 16.3. The van der Waals surface area contributed by atoms with Crippen molar-refractivity contribution in [3.05, 3.63) is 71.4 Å². The van der Waals surface area contributed by atoms with Crippen LogP contribution in [0.25, 0.3) is 0 Å². The van der Waals surface area contributed by atoms with Crippen LogP contribution in [0.2, 0.25) is 0 Å². The number of aliphatic hydroxyl groups excluding tert-OH is 3. The standard InChI is InChI=1S/C58H87NO14/c1-34-17-13-12-14-18-35(2)45(44-24-23-42(68-8)32-50(44)69-9)31-43-22-20-40(7)58(67,73-43)55(64)56(65)59-26-16-15-19-46(59)57(66)72-49(37(4)29-41-21-25-47(60)51(30-41)70-10)33-48(61)36(3)28-39(6)53(63)54(71-11)52(62)38(5)27-34/h12-14,17-18,23-24,28,32,34,37-41,43,45-47,49,51-54,60,62-63,67H,15-16,19-22,25-27,29-31,33H2,1-11H3/t34-,37-,38-,39?,40-,41?,43+,45+,46+,47-,49?,51-,52+,53-,54+,58-/m1/s1. The smallest absolute Gasteiger partial charge is 0.329 e. The first kappa shape index (κ1) is 59.7. The summed E-state index contributed by atoms with van der Waals surface area (Å²) in [7, 11) is 6.18. The van der Waals surface area contributed by atoms with Crippen molar-refractivity contribution in [3.8, 4) is 11.5 Å². The number of benzene rings is 1. The van der Waals surface area contributed by atoms with Gasteiger partial charge < -0.3 is 53.7 Å². The van der Waals surface area contributed by atoms with Gasteiger partial charge in [-0.3, -0.25) is 14.4 Å². The quantitative estimate of drug-likeness (QED) is 0.145. The molecule has 0 spiro atoms. The van der Waals surface area contributed by atoms with Gasteiger partial charge in [-0.25, -0.2) is 4.79 Å². The Morgan fingerprint density at radius 3 is 2.26 bits per heavy atom. The molecule has 0 radical (unpaired) electrons. The van der Waals surface area contributed by atoms with E-state index in [9.17, 15) is 39.6 Å². The second-order valence-electron chi connectivity index (χ2n) is 21.7. The van der Waals surface area contributed by atoms with Crippen LogP contribution in [0.3, 0.4) is 0 Å². The van der Waals surface area contributed by atoms with Crippen molar-refractivity contribution in [3.63, 3.8) is 0 Å². The maximum absolute atomic E-state index is 14.6. The van der Waals surface area contributed by atoms with Gasteiger partial charge in [0.2, 0.25) is 5.79 Å². The minimum absolute atomic E-state index is 0.0500. The molecule has 0 aromatic heterocycles. The van der Waals surface area contributed by atoms with E-state index < -0.39 is 77.9 Å². The maximum atomic E-state index is 14.6. The third-order valence-corrected chi connectivity index (χ3v) is 16.3. The average Bonchev–Trinajstić information content (AvgIpc) is 3.38. The van der Waals surface area contributed by atoms with E-state index in [1.807, 2.05) is 63.3 Å². The van der Waals surface area contributed by atoms with Crippen LogP contribution >= 0.6 is 0 Å². The molecule has 1 aliphatic carbocycles. The highest BCUT2D eigenvalue weighted by molar-refractivity contribution is 6.39. The van der Waals surface area contributed by atoms with Gasteiger partial charge in [0, 0.05) is 56.6 Å². The molecule has 1 aromatic rings. The number of amides is 1. The van der Waals surface area contributed by atoms with Crippen molar-refractivity contribution in [1.29, 1.82) is 0 Å². The molecular weight excluding hydrogens is 935 g/mol. The predicted molar refractivity (Wildman–Crippen MR) is 278 cm³/mol. The number of esters is 1. The number of Topliss-reactive ketones (excluding diaryl/α,β-unsaturated/α-hetero) is 2. The van der Waals surface area contributed by atoms with E-state index in [1.54, 1.807) is 54.2 Å². The number of piperidine rings is 1. The number of aliphatic hydroxyl groups is 4. The summed E-state index contributed by atoms with van der Waals surface area (Å²) in [4.78, 5) is 59.1. The molecule has 15 heteroatoms. The summed E-state index contributed by atoms with van der Waals surface area (Å²) in [6, 6.07) is 4.42. The SMILES string of the molecule is COc1ccc([C@H]2C[C@@H]3CC[C@@H](C)[C@@](O)(O3)C(=O)C(=O)N3CCCC[C@H]3C(=O)OC([C@H](C)CC3CC[C@@H](O)[C@H](OC)C3)CC(=O)C(C)=CC(C)[C@@H](O)[C@@H](OC)[C@@H](O)[C@H](C)C[C@H](C)C=CC=CC=C2C)c(OC)c1. The van der Waals surface area contributed by atoms with E-state index in [4.69, 9.17) is 28.4 Å². The van der Waals surface area contributed by atoms with E-state index in [-0.39, 0.29) is 60.9 Å². The lowest BCUT2D eigenvalue weighted by atomic mass is 9.78. The molecule has 2 bridgehead atoms. The van der Waals surface area contributed by atoms with Crippen molar-refractivity contribution in [2.75, 3.05) is 35.0 Å². The average molecular weight is 1020 g/mol. The van der Waals surface area contributed by atoms with Crippen molar-refractivity contribution >= 4 is 23.4 Å². The Kier molecular flexibility index (Phi) is 22.5. The van der Waals surface area contributed by atoms with Crippen molar-refractivity contribution in [2.24, 2.45) is 35.5 Å². The zero-order valence-corrected chi connectivity index (χ0v) is 45.4. The summed E-state index contributed by atoms with van der Waals surface area (Å²) >= 11 is 0. The number of hydrogen-bond acceptors (Lipinski definition) is 14. The lowest BCUT2D eigenvalue weighted by Crippen LogP contribution is -2.60. The van der Waals surface area contributed by atoms with Crippen LogP contribution in [-0.4, -0.2) is 138 Å². The molecule has 15 nitrogen and oxygen atoms in total. The number of hydrogen-bond donors (Lipinski definition) is 4. The first-order valence-corrected chi connectivity index (χ1v) is 26.7. The number of ether oxygens (including phenoxy) is 6. The van der Waals surface area contributed by atoms with E-state index in [0.29, 0.717) is 74.9 Å². The summed E-state index contributed by atoms with van der Waals surface area (Å²) in [6.45, 7) is 13.0. The Bertz CT molecular complexity index is 2130. The van der Waals surface area contributed by atoms with Crippen LogP contribution < -0.4 is 9.47 Å². The van der Waals surface area contributed by atoms with Gasteiger partial charge in [-0.15, -0.1) is 0 Å². The fourth-order valence-electron chi connectivity index (χ4n) is 11.5. The number of carbonyl (C=O) groups is 4. The molecule has 4 aliphatic rings. The third kappa shape index (κ3) is 15.2. The molecule has 5 rings (SSSR count). The van der Waals surface area contributed by atoms with Gasteiger partial charge >= 0.3 is 5.97 Å². The molecule has 73 heavy (non-hydrogen) atoms. The molecule has 1 aromatic carbocycles. The normalized spacial score (nSPS) is 35.8. The highest BCUT2D eigenvalue weighted by Crippen LogP contribution is 2.43. The Hall–Kier alpha value is -4.22. The zero-order valence-electron chi connectivity index (χ0n) is 45.4. The van der Waals surface area contributed by atoms with E-state index in [0.717, 1.165) is 17.6 Å². The highest BCUT2D eigenvalue weighted by Gasteiger charge is 2.53. The number of rotatable bonds is 8. The maximum Gasteiger partial charge on any atom is 0.329 e. The molecule has 3 heterocycles. The lowest BCUT2D eigenvalue weighted by molar-refractivity contribution is -0.264. The van der Waals surface area contributed by atoms with Crippen LogP contribution in [-0.2, 0) is 38.1 Å². The van der Waals surface area contributed by atoms with Gasteiger partial charge in [0.15, 0.2) is 5.78 Å². The molecule has 2 saturated heterocycles. The number of ketones is 2. The van der Waals surface area contributed by atoms with E-state index in [2.05, 4.69) is 6.92 Å². The molecule has 1 saturated carbocycles. The van der Waals surface area contributed by atoms with Gasteiger partial charge in [0.05, 0.1) is 44.7 Å². The number of allylic oxidation sites excluding steroid dienone is 7. The first-order chi connectivity index (χ1) is 34.7. The summed E-state index contributed by atoms with van der Waals surface area (Å²) in [6.07, 6.45) is 11.1. The number of nitrogens with zero attached hydrogens (tertiary/aromatic N) is 1. The minimum Gasteiger partial charge on any atom is -0.497 e. The van der Waals surface area contributed by atoms with Crippen LogP contribution in [0, 0.1) is 35.5 Å². The van der Waals surface area contributed by atoms with Gasteiger partial charge in [-0.2, -0.15) is 0 Å². The van der Waals surface area contributed by atoms with Crippen LogP contribution in [0.15, 0.2) is 65.8 Å². The number of fused-ring (bicyclic) bond motifs is 3. The number of carbonyl (C=O) groups excluding carboxylic acids is 4. The van der Waals surface area contributed by atoms with E-state index in [1.165, 1.54) is 12.0 Å².